The van der Waals surface area contributed by atoms with Crippen LogP contribution in [0.15, 0.2) is 52.0 Å². The maximum absolute atomic E-state index is 13.1. The van der Waals surface area contributed by atoms with Gasteiger partial charge in [-0.15, -0.1) is 0 Å². The molecule has 1 aliphatic carbocycles. The summed E-state index contributed by atoms with van der Waals surface area (Å²) in [4.78, 5) is 19.9. The van der Waals surface area contributed by atoms with E-state index >= 15 is 0 Å². The lowest BCUT2D eigenvalue weighted by atomic mass is 9.94. The molecule has 0 unspecified atom stereocenters. The van der Waals surface area contributed by atoms with Crippen molar-refractivity contribution in [3.05, 3.63) is 64.8 Å². The Labute approximate surface area is 191 Å². The summed E-state index contributed by atoms with van der Waals surface area (Å²) in [6, 6.07) is 9.95. The molecule has 9 nitrogen and oxygen atoms in total. The number of benzene rings is 1. The van der Waals surface area contributed by atoms with Crippen LogP contribution in [-0.2, 0) is 13.1 Å². The maximum atomic E-state index is 13.1. The normalized spacial score (nSPS) is 14.9. The molecule has 0 aliphatic heterocycles. The van der Waals surface area contributed by atoms with Gasteiger partial charge in [0.15, 0.2) is 5.82 Å². The van der Waals surface area contributed by atoms with E-state index < -0.39 is 0 Å². The number of methoxy groups -OCH3 is 1. The Morgan fingerprint density at radius 3 is 2.70 bits per heavy atom. The quantitative estimate of drug-likeness (QED) is 0.428. The Balaban J connectivity index is 1.32. The fourth-order valence-electron chi connectivity index (χ4n) is 4.49. The van der Waals surface area contributed by atoms with Gasteiger partial charge in [0.05, 0.1) is 25.9 Å². The smallest absolute Gasteiger partial charge is 0.277 e. The van der Waals surface area contributed by atoms with E-state index in [0.29, 0.717) is 29.8 Å². The van der Waals surface area contributed by atoms with Gasteiger partial charge in [-0.3, -0.25) is 9.69 Å². The largest absolute Gasteiger partial charge is 0.497 e. The molecule has 172 valence electrons. The highest BCUT2D eigenvalue weighted by Crippen LogP contribution is 2.23. The third kappa shape index (κ3) is 4.54. The lowest BCUT2D eigenvalue weighted by molar-refractivity contribution is 0.165. The van der Waals surface area contributed by atoms with Crippen LogP contribution in [0.25, 0.3) is 16.8 Å². The van der Waals surface area contributed by atoms with Gasteiger partial charge in [-0.1, -0.05) is 24.4 Å². The second-order valence-electron chi connectivity index (χ2n) is 8.63. The summed E-state index contributed by atoms with van der Waals surface area (Å²) in [5.41, 5.74) is 1.97. The van der Waals surface area contributed by atoms with Gasteiger partial charge in [0.2, 0.25) is 5.89 Å². The molecule has 0 saturated heterocycles. The topological polar surface area (TPSA) is 90.7 Å². The van der Waals surface area contributed by atoms with Gasteiger partial charge in [0.1, 0.15) is 11.3 Å². The summed E-state index contributed by atoms with van der Waals surface area (Å²) in [5.74, 6) is 1.84. The number of hydrogen-bond donors (Lipinski definition) is 0. The maximum Gasteiger partial charge on any atom is 0.277 e. The molecule has 1 aliphatic rings. The minimum absolute atomic E-state index is 0.157. The molecule has 0 N–H and O–H groups in total. The highest BCUT2D eigenvalue weighted by atomic mass is 16.5. The SMILES string of the molecule is COc1ccc(-c2cc3c(=O)n(Cc4noc(CN(C)C5CCCCC5)n4)ccn3n2)cc1. The first-order chi connectivity index (χ1) is 16.1. The molecule has 4 aromatic rings. The number of fused-ring (bicyclic) bond motifs is 1. The standard InChI is InChI=1S/C24H28N6O3/c1-28(18-6-4-3-5-7-18)16-23-25-22(27-33-23)15-29-12-13-30-21(24(29)31)14-20(26-30)17-8-10-19(32-2)11-9-17/h8-14,18H,3-7,15-16H2,1-2H3. The zero-order valence-corrected chi connectivity index (χ0v) is 19.0. The van der Waals surface area contributed by atoms with Crippen molar-refractivity contribution in [2.45, 2.75) is 51.2 Å². The molecular formula is C24H28N6O3. The van der Waals surface area contributed by atoms with E-state index in [4.69, 9.17) is 9.26 Å². The molecule has 5 rings (SSSR count). The van der Waals surface area contributed by atoms with Crippen LogP contribution in [0, 0.1) is 0 Å². The van der Waals surface area contributed by atoms with Crippen molar-refractivity contribution < 1.29 is 9.26 Å². The van der Waals surface area contributed by atoms with Gasteiger partial charge in [-0.2, -0.15) is 10.1 Å². The molecule has 0 radical (unpaired) electrons. The van der Waals surface area contributed by atoms with E-state index in [1.54, 1.807) is 34.7 Å². The molecular weight excluding hydrogens is 420 g/mol. The third-order valence-electron chi connectivity index (χ3n) is 6.39. The van der Waals surface area contributed by atoms with Crippen molar-refractivity contribution in [3.63, 3.8) is 0 Å². The van der Waals surface area contributed by atoms with Crippen molar-refractivity contribution >= 4 is 5.52 Å². The van der Waals surface area contributed by atoms with Crippen LogP contribution in [0.5, 0.6) is 5.75 Å². The monoisotopic (exact) mass is 448 g/mol. The Bertz CT molecular complexity index is 1280. The average Bonchev–Trinajstić information content (AvgIpc) is 3.49. The Kier molecular flexibility index (Phi) is 5.95. The summed E-state index contributed by atoms with van der Waals surface area (Å²) in [5, 5.41) is 8.63. The molecule has 1 aromatic carbocycles. The summed E-state index contributed by atoms with van der Waals surface area (Å²) in [6.07, 6.45) is 9.79. The number of nitrogens with zero attached hydrogens (tertiary/aromatic N) is 6. The average molecular weight is 449 g/mol. The number of aromatic nitrogens is 5. The Hall–Kier alpha value is -3.46. The predicted molar refractivity (Wildman–Crippen MR) is 123 cm³/mol. The molecule has 3 heterocycles. The zero-order chi connectivity index (χ0) is 22.8. The van der Waals surface area contributed by atoms with E-state index in [1.807, 2.05) is 24.3 Å². The number of ether oxygens (including phenoxy) is 1. The first kappa shape index (κ1) is 21.4. The van der Waals surface area contributed by atoms with Crippen molar-refractivity contribution in [3.8, 4) is 17.0 Å². The highest BCUT2D eigenvalue weighted by molar-refractivity contribution is 5.66. The molecule has 0 spiro atoms. The van der Waals surface area contributed by atoms with Gasteiger partial charge >= 0.3 is 0 Å². The second kappa shape index (κ2) is 9.19. The van der Waals surface area contributed by atoms with Crippen molar-refractivity contribution in [2.24, 2.45) is 0 Å². The molecule has 3 aromatic heterocycles. The highest BCUT2D eigenvalue weighted by Gasteiger charge is 2.20. The van der Waals surface area contributed by atoms with Crippen molar-refractivity contribution in [1.82, 2.24) is 29.2 Å². The van der Waals surface area contributed by atoms with Crippen LogP contribution in [0.2, 0.25) is 0 Å². The van der Waals surface area contributed by atoms with Crippen LogP contribution in [0.3, 0.4) is 0 Å². The zero-order valence-electron chi connectivity index (χ0n) is 19.0. The second-order valence-corrected chi connectivity index (χ2v) is 8.63. The summed E-state index contributed by atoms with van der Waals surface area (Å²) in [7, 11) is 3.74. The fourth-order valence-corrected chi connectivity index (χ4v) is 4.49. The summed E-state index contributed by atoms with van der Waals surface area (Å²) in [6.45, 7) is 0.870. The Morgan fingerprint density at radius 2 is 1.94 bits per heavy atom. The summed E-state index contributed by atoms with van der Waals surface area (Å²) < 4.78 is 13.8. The van der Waals surface area contributed by atoms with Gasteiger partial charge < -0.3 is 13.8 Å². The van der Waals surface area contributed by atoms with E-state index in [1.165, 1.54) is 32.1 Å². The molecule has 1 saturated carbocycles. The Morgan fingerprint density at radius 1 is 1.15 bits per heavy atom. The van der Waals surface area contributed by atoms with E-state index in [-0.39, 0.29) is 12.1 Å². The lowest BCUT2D eigenvalue weighted by Crippen LogP contribution is -2.33. The first-order valence-corrected chi connectivity index (χ1v) is 11.4. The van der Waals surface area contributed by atoms with E-state index in [9.17, 15) is 4.79 Å². The van der Waals surface area contributed by atoms with Gasteiger partial charge in [-0.05, 0) is 50.2 Å². The van der Waals surface area contributed by atoms with E-state index in [0.717, 1.165) is 17.0 Å². The van der Waals surface area contributed by atoms with Crippen LogP contribution in [0.1, 0.15) is 43.8 Å². The molecule has 9 heteroatoms. The number of rotatable bonds is 7. The fraction of sp³-hybridized carbons (Fsp3) is 0.417. The van der Waals surface area contributed by atoms with Crippen LogP contribution < -0.4 is 10.3 Å². The van der Waals surface area contributed by atoms with E-state index in [2.05, 4.69) is 27.2 Å². The predicted octanol–water partition coefficient (Wildman–Crippen LogP) is 3.37. The third-order valence-corrected chi connectivity index (χ3v) is 6.39. The summed E-state index contributed by atoms with van der Waals surface area (Å²) >= 11 is 0. The molecule has 0 amide bonds. The van der Waals surface area contributed by atoms with Crippen molar-refractivity contribution in [2.75, 3.05) is 14.2 Å². The van der Waals surface area contributed by atoms with Crippen LogP contribution in [-0.4, -0.2) is 49.4 Å². The molecule has 0 bridgehead atoms. The minimum atomic E-state index is -0.157. The van der Waals surface area contributed by atoms with Crippen LogP contribution in [0.4, 0.5) is 0 Å². The molecule has 1 fully saturated rings. The van der Waals surface area contributed by atoms with Gasteiger partial charge in [0, 0.05) is 24.0 Å². The molecule has 33 heavy (non-hydrogen) atoms. The van der Waals surface area contributed by atoms with Crippen LogP contribution >= 0.6 is 0 Å². The lowest BCUT2D eigenvalue weighted by Gasteiger charge is -2.29. The number of hydrogen-bond acceptors (Lipinski definition) is 7. The first-order valence-electron chi connectivity index (χ1n) is 11.4. The van der Waals surface area contributed by atoms with Gasteiger partial charge in [0.25, 0.3) is 5.56 Å². The van der Waals surface area contributed by atoms with Gasteiger partial charge in [-0.25, -0.2) is 4.52 Å². The molecule has 0 atom stereocenters. The minimum Gasteiger partial charge on any atom is -0.497 e. The van der Waals surface area contributed by atoms with Crippen molar-refractivity contribution in [1.29, 1.82) is 0 Å².